The number of hydrogen-bond donors (Lipinski definition) is 0. The van der Waals surface area contributed by atoms with Gasteiger partial charge in [-0.3, -0.25) is 9.88 Å². The standard InChI is InChI=1S/C15H19BrN4O2/c1-5-19(14(21)22-15(2,3)4)12-10-20(18-13(12)16)11-7-6-8-17-9-11/h6-10H,5H2,1-4H3. The molecule has 0 aliphatic carbocycles. The monoisotopic (exact) mass is 366 g/mol. The zero-order valence-corrected chi connectivity index (χ0v) is 14.7. The molecule has 0 saturated heterocycles. The summed E-state index contributed by atoms with van der Waals surface area (Å²) in [6.45, 7) is 7.89. The van der Waals surface area contributed by atoms with Gasteiger partial charge in [0.1, 0.15) is 11.3 Å². The molecule has 0 fully saturated rings. The lowest BCUT2D eigenvalue weighted by molar-refractivity contribution is 0.0582. The van der Waals surface area contributed by atoms with Crippen LogP contribution in [-0.4, -0.2) is 33.0 Å². The van der Waals surface area contributed by atoms with Gasteiger partial charge in [-0.05, 0) is 55.8 Å². The van der Waals surface area contributed by atoms with E-state index < -0.39 is 11.7 Å². The average Bonchev–Trinajstić information content (AvgIpc) is 2.81. The van der Waals surface area contributed by atoms with Crippen molar-refractivity contribution in [3.8, 4) is 5.69 Å². The Morgan fingerprint density at radius 2 is 2.18 bits per heavy atom. The summed E-state index contributed by atoms with van der Waals surface area (Å²) >= 11 is 3.40. The molecule has 2 aromatic rings. The van der Waals surface area contributed by atoms with Crippen LogP contribution < -0.4 is 4.90 Å². The molecule has 0 bridgehead atoms. The lowest BCUT2D eigenvalue weighted by Crippen LogP contribution is -2.36. The normalized spacial score (nSPS) is 11.3. The van der Waals surface area contributed by atoms with Gasteiger partial charge in [-0.15, -0.1) is 0 Å². The fourth-order valence-electron chi connectivity index (χ4n) is 1.86. The van der Waals surface area contributed by atoms with Crippen LogP contribution in [0.4, 0.5) is 10.5 Å². The van der Waals surface area contributed by atoms with Gasteiger partial charge in [0, 0.05) is 12.7 Å². The molecule has 0 aliphatic heterocycles. The van der Waals surface area contributed by atoms with Crippen LogP contribution in [0.25, 0.3) is 5.69 Å². The number of ether oxygens (including phenoxy) is 1. The van der Waals surface area contributed by atoms with Crippen LogP contribution in [0.3, 0.4) is 0 Å². The lowest BCUT2D eigenvalue weighted by Gasteiger charge is -2.25. The zero-order valence-electron chi connectivity index (χ0n) is 13.1. The van der Waals surface area contributed by atoms with E-state index in [-0.39, 0.29) is 0 Å². The highest BCUT2D eigenvalue weighted by Crippen LogP contribution is 2.27. The summed E-state index contributed by atoms with van der Waals surface area (Å²) in [5.74, 6) is 0. The Kier molecular flexibility index (Phi) is 4.85. The van der Waals surface area contributed by atoms with Gasteiger partial charge in [-0.1, -0.05) is 0 Å². The minimum Gasteiger partial charge on any atom is -0.443 e. The predicted octanol–water partition coefficient (Wildman–Crippen LogP) is 3.79. The number of halogens is 1. The summed E-state index contributed by atoms with van der Waals surface area (Å²) < 4.78 is 7.67. The molecule has 0 radical (unpaired) electrons. The minimum atomic E-state index is -0.545. The van der Waals surface area contributed by atoms with E-state index in [0.717, 1.165) is 5.69 Å². The van der Waals surface area contributed by atoms with Crippen LogP contribution in [0.2, 0.25) is 0 Å². The maximum absolute atomic E-state index is 12.3. The van der Waals surface area contributed by atoms with Crippen molar-refractivity contribution in [3.63, 3.8) is 0 Å². The highest BCUT2D eigenvalue weighted by atomic mass is 79.9. The molecule has 0 aliphatic rings. The minimum absolute atomic E-state index is 0.401. The van der Waals surface area contributed by atoms with E-state index in [1.54, 1.807) is 23.3 Å². The van der Waals surface area contributed by atoms with Crippen molar-refractivity contribution in [2.24, 2.45) is 0 Å². The quantitative estimate of drug-likeness (QED) is 0.828. The second-order valence-corrected chi connectivity index (χ2v) is 6.44. The molecule has 2 rings (SSSR count). The van der Waals surface area contributed by atoms with Crippen LogP contribution in [0.5, 0.6) is 0 Å². The van der Waals surface area contributed by atoms with Crippen LogP contribution in [-0.2, 0) is 4.74 Å². The van der Waals surface area contributed by atoms with Crippen molar-refractivity contribution in [2.45, 2.75) is 33.3 Å². The number of nitrogens with zero attached hydrogens (tertiary/aromatic N) is 4. The van der Waals surface area contributed by atoms with Crippen LogP contribution in [0, 0.1) is 0 Å². The van der Waals surface area contributed by atoms with Gasteiger partial charge in [0.05, 0.1) is 18.1 Å². The van der Waals surface area contributed by atoms with Gasteiger partial charge in [0.2, 0.25) is 0 Å². The van der Waals surface area contributed by atoms with Gasteiger partial charge < -0.3 is 4.74 Å². The first-order valence-corrected chi connectivity index (χ1v) is 7.77. The molecule has 118 valence electrons. The lowest BCUT2D eigenvalue weighted by atomic mass is 10.2. The molecule has 0 saturated carbocycles. The van der Waals surface area contributed by atoms with Crippen LogP contribution in [0.1, 0.15) is 27.7 Å². The largest absolute Gasteiger partial charge is 0.443 e. The summed E-state index contributed by atoms with van der Waals surface area (Å²) in [6, 6.07) is 3.72. The van der Waals surface area contributed by atoms with E-state index in [0.29, 0.717) is 16.8 Å². The number of pyridine rings is 1. The third-order valence-electron chi connectivity index (χ3n) is 2.78. The molecule has 0 atom stereocenters. The fourth-order valence-corrected chi connectivity index (χ4v) is 2.35. The molecule has 7 heteroatoms. The number of amides is 1. The Morgan fingerprint density at radius 3 is 2.73 bits per heavy atom. The zero-order chi connectivity index (χ0) is 16.3. The fraction of sp³-hybridized carbons (Fsp3) is 0.400. The summed E-state index contributed by atoms with van der Waals surface area (Å²) in [6.07, 6.45) is 4.77. The Labute approximate surface area is 138 Å². The third kappa shape index (κ3) is 3.85. The molecule has 2 aromatic heterocycles. The smallest absolute Gasteiger partial charge is 0.414 e. The molecule has 0 unspecified atom stereocenters. The van der Waals surface area contributed by atoms with Crippen molar-refractivity contribution >= 4 is 27.7 Å². The Hall–Kier alpha value is -1.89. The maximum atomic E-state index is 12.3. The Bertz CT molecular complexity index is 649. The van der Waals surface area contributed by atoms with Gasteiger partial charge in [-0.25, -0.2) is 9.48 Å². The number of anilines is 1. The molecule has 0 spiro atoms. The average molecular weight is 367 g/mol. The summed E-state index contributed by atoms with van der Waals surface area (Å²) in [4.78, 5) is 17.9. The van der Waals surface area contributed by atoms with Crippen molar-refractivity contribution in [1.82, 2.24) is 14.8 Å². The molecule has 1 amide bonds. The summed E-state index contributed by atoms with van der Waals surface area (Å²) in [5.41, 5.74) is 0.923. The highest BCUT2D eigenvalue weighted by molar-refractivity contribution is 9.10. The SMILES string of the molecule is CCN(C(=O)OC(C)(C)C)c1cn(-c2cccnc2)nc1Br. The van der Waals surface area contributed by atoms with Crippen LogP contribution in [0.15, 0.2) is 35.3 Å². The Morgan fingerprint density at radius 1 is 1.45 bits per heavy atom. The van der Waals surface area contributed by atoms with E-state index in [1.807, 2.05) is 39.8 Å². The van der Waals surface area contributed by atoms with Crippen molar-refractivity contribution in [3.05, 3.63) is 35.3 Å². The van der Waals surface area contributed by atoms with E-state index in [9.17, 15) is 4.79 Å². The Balaban J connectivity index is 2.31. The first-order valence-electron chi connectivity index (χ1n) is 6.98. The summed E-state index contributed by atoms with van der Waals surface area (Å²) in [7, 11) is 0. The van der Waals surface area contributed by atoms with Gasteiger partial charge in [-0.2, -0.15) is 5.10 Å². The molecule has 22 heavy (non-hydrogen) atoms. The number of carbonyl (C=O) groups is 1. The molecule has 0 aromatic carbocycles. The van der Waals surface area contributed by atoms with Gasteiger partial charge in [0.25, 0.3) is 0 Å². The van der Waals surface area contributed by atoms with Gasteiger partial charge in [0.15, 0.2) is 4.60 Å². The molecule has 2 heterocycles. The van der Waals surface area contributed by atoms with E-state index in [2.05, 4.69) is 26.0 Å². The number of hydrogen-bond acceptors (Lipinski definition) is 4. The van der Waals surface area contributed by atoms with Crippen molar-refractivity contribution in [2.75, 3.05) is 11.4 Å². The van der Waals surface area contributed by atoms with E-state index in [1.165, 1.54) is 4.90 Å². The second kappa shape index (κ2) is 6.48. The number of carbonyl (C=O) groups excluding carboxylic acids is 1. The third-order valence-corrected chi connectivity index (χ3v) is 3.35. The molecule has 0 N–H and O–H groups in total. The molecular formula is C15H19BrN4O2. The van der Waals surface area contributed by atoms with Crippen LogP contribution >= 0.6 is 15.9 Å². The number of rotatable bonds is 3. The second-order valence-electron chi connectivity index (χ2n) is 5.69. The van der Waals surface area contributed by atoms with E-state index in [4.69, 9.17) is 4.74 Å². The van der Waals surface area contributed by atoms with Crippen molar-refractivity contribution < 1.29 is 9.53 Å². The molecule has 6 nitrogen and oxygen atoms in total. The molecular weight excluding hydrogens is 348 g/mol. The highest BCUT2D eigenvalue weighted by Gasteiger charge is 2.25. The predicted molar refractivity (Wildman–Crippen MR) is 88.3 cm³/mol. The first-order chi connectivity index (χ1) is 10.3. The first kappa shape index (κ1) is 16.5. The maximum Gasteiger partial charge on any atom is 0.414 e. The number of aromatic nitrogens is 3. The van der Waals surface area contributed by atoms with E-state index >= 15 is 0 Å². The van der Waals surface area contributed by atoms with Crippen molar-refractivity contribution in [1.29, 1.82) is 0 Å². The summed E-state index contributed by atoms with van der Waals surface area (Å²) in [5, 5.41) is 4.37. The van der Waals surface area contributed by atoms with Gasteiger partial charge >= 0.3 is 6.09 Å². The topological polar surface area (TPSA) is 60.2 Å².